The van der Waals surface area contributed by atoms with Gasteiger partial charge in [0.15, 0.2) is 0 Å². The number of ether oxygens (including phenoxy) is 1. The third-order valence-corrected chi connectivity index (χ3v) is 3.73. The van der Waals surface area contributed by atoms with E-state index >= 15 is 0 Å². The van der Waals surface area contributed by atoms with Crippen molar-refractivity contribution < 1.29 is 4.74 Å². The summed E-state index contributed by atoms with van der Waals surface area (Å²) in [5.41, 5.74) is 0. The van der Waals surface area contributed by atoms with Gasteiger partial charge in [0, 0.05) is 38.8 Å². The highest BCUT2D eigenvalue weighted by Crippen LogP contribution is 2.26. The fraction of sp³-hybridized carbons (Fsp3) is 0.538. The molecule has 0 radical (unpaired) electrons. The van der Waals surface area contributed by atoms with Gasteiger partial charge < -0.3 is 15.0 Å². The third kappa shape index (κ3) is 4.32. The molecule has 1 aliphatic rings. The van der Waals surface area contributed by atoms with Crippen LogP contribution in [0.4, 0.5) is 0 Å². The summed E-state index contributed by atoms with van der Waals surface area (Å²) in [5.74, 6) is 0.782. The quantitative estimate of drug-likeness (QED) is 0.843. The van der Waals surface area contributed by atoms with Gasteiger partial charge in [0.2, 0.25) is 0 Å². The highest BCUT2D eigenvalue weighted by atomic mass is 35.5. The average molecular weight is 289 g/mol. The molecule has 0 spiro atoms. The van der Waals surface area contributed by atoms with Gasteiger partial charge in [-0.25, -0.2) is 0 Å². The third-order valence-electron chi connectivity index (χ3n) is 2.99. The Bertz CT molecular complexity index is 381. The van der Waals surface area contributed by atoms with Gasteiger partial charge >= 0.3 is 0 Å². The van der Waals surface area contributed by atoms with Crippen LogP contribution in [0.3, 0.4) is 0 Å². The highest BCUT2D eigenvalue weighted by Gasteiger charge is 2.08. The molecule has 1 saturated heterocycles. The lowest BCUT2D eigenvalue weighted by molar-refractivity contribution is 0.214. The molecule has 3 nitrogen and oxygen atoms in total. The highest BCUT2D eigenvalue weighted by molar-refractivity contribution is 6.42. The van der Waals surface area contributed by atoms with Crippen LogP contribution in [-0.4, -0.2) is 44.2 Å². The molecule has 5 heteroatoms. The van der Waals surface area contributed by atoms with Crippen LogP contribution in [0.25, 0.3) is 0 Å². The Kier molecular flexibility index (Phi) is 5.57. The summed E-state index contributed by atoms with van der Waals surface area (Å²) in [7, 11) is 0. The van der Waals surface area contributed by atoms with Gasteiger partial charge in [-0.05, 0) is 18.6 Å². The Hall–Kier alpha value is -0.480. The number of hydrogen-bond acceptors (Lipinski definition) is 3. The lowest BCUT2D eigenvalue weighted by Gasteiger charge is -2.26. The first kappa shape index (κ1) is 13.9. The summed E-state index contributed by atoms with van der Waals surface area (Å²) < 4.78 is 5.65. The molecular weight excluding hydrogens is 271 g/mol. The van der Waals surface area contributed by atoms with E-state index in [1.807, 2.05) is 6.07 Å². The van der Waals surface area contributed by atoms with E-state index in [1.54, 1.807) is 12.1 Å². The SMILES string of the molecule is Clc1ccc(OCCCN2CCNCC2)cc1Cl. The summed E-state index contributed by atoms with van der Waals surface area (Å²) >= 11 is 11.8. The topological polar surface area (TPSA) is 24.5 Å². The standard InChI is InChI=1S/C13H18Cl2N2O/c14-12-3-2-11(10-13(12)15)18-9-1-6-17-7-4-16-5-8-17/h2-3,10,16H,1,4-9H2. The largest absolute Gasteiger partial charge is 0.493 e. The number of benzene rings is 1. The van der Waals surface area contributed by atoms with Crippen molar-refractivity contribution in [3.8, 4) is 5.75 Å². The van der Waals surface area contributed by atoms with Crippen LogP contribution < -0.4 is 10.1 Å². The molecule has 1 aromatic carbocycles. The Balaban J connectivity index is 1.66. The van der Waals surface area contributed by atoms with Crippen molar-refractivity contribution in [1.29, 1.82) is 0 Å². The van der Waals surface area contributed by atoms with E-state index < -0.39 is 0 Å². The van der Waals surface area contributed by atoms with Gasteiger partial charge in [-0.15, -0.1) is 0 Å². The minimum absolute atomic E-state index is 0.538. The van der Waals surface area contributed by atoms with Gasteiger partial charge in [-0.3, -0.25) is 0 Å². The van der Waals surface area contributed by atoms with E-state index in [9.17, 15) is 0 Å². The summed E-state index contributed by atoms with van der Waals surface area (Å²) in [5, 5.41) is 4.44. The molecule has 1 aliphatic heterocycles. The van der Waals surface area contributed by atoms with Crippen LogP contribution in [0.1, 0.15) is 6.42 Å². The summed E-state index contributed by atoms with van der Waals surface area (Å²) in [6.45, 7) is 6.24. The number of piperazine rings is 1. The van der Waals surface area contributed by atoms with Crippen molar-refractivity contribution in [3.63, 3.8) is 0 Å². The zero-order chi connectivity index (χ0) is 12.8. The molecule has 0 saturated carbocycles. The Morgan fingerprint density at radius 2 is 1.94 bits per heavy atom. The molecule has 0 aliphatic carbocycles. The molecule has 0 bridgehead atoms. The summed E-state index contributed by atoms with van der Waals surface area (Å²) in [4.78, 5) is 2.45. The molecule has 0 amide bonds. The van der Waals surface area contributed by atoms with Crippen molar-refractivity contribution in [2.75, 3.05) is 39.3 Å². The maximum absolute atomic E-state index is 5.92. The number of hydrogen-bond donors (Lipinski definition) is 1. The first-order valence-corrected chi connectivity index (χ1v) is 7.02. The molecule has 1 fully saturated rings. The zero-order valence-electron chi connectivity index (χ0n) is 10.3. The first-order chi connectivity index (χ1) is 8.75. The normalized spacial score (nSPS) is 16.8. The van der Waals surface area contributed by atoms with E-state index in [0.29, 0.717) is 16.7 Å². The lowest BCUT2D eigenvalue weighted by atomic mass is 10.3. The molecule has 0 atom stereocenters. The fourth-order valence-electron chi connectivity index (χ4n) is 1.98. The van der Waals surface area contributed by atoms with Crippen molar-refractivity contribution in [2.45, 2.75) is 6.42 Å². The van der Waals surface area contributed by atoms with Gasteiger partial charge in [-0.2, -0.15) is 0 Å². The number of halogens is 2. The molecule has 100 valence electrons. The van der Waals surface area contributed by atoms with Crippen LogP contribution >= 0.6 is 23.2 Å². The van der Waals surface area contributed by atoms with Crippen LogP contribution in [0.15, 0.2) is 18.2 Å². The van der Waals surface area contributed by atoms with Crippen molar-refractivity contribution in [1.82, 2.24) is 10.2 Å². The van der Waals surface area contributed by atoms with Crippen LogP contribution in [-0.2, 0) is 0 Å². The van der Waals surface area contributed by atoms with E-state index in [1.165, 1.54) is 0 Å². The fourth-order valence-corrected chi connectivity index (χ4v) is 2.27. The van der Waals surface area contributed by atoms with Crippen molar-refractivity contribution in [2.24, 2.45) is 0 Å². The minimum Gasteiger partial charge on any atom is -0.493 e. The molecule has 1 heterocycles. The van der Waals surface area contributed by atoms with Crippen LogP contribution in [0.2, 0.25) is 10.0 Å². The molecule has 1 aromatic rings. The molecular formula is C13H18Cl2N2O. The number of rotatable bonds is 5. The van der Waals surface area contributed by atoms with Gasteiger partial charge in [-0.1, -0.05) is 23.2 Å². The average Bonchev–Trinajstić information content (AvgIpc) is 2.40. The molecule has 2 rings (SSSR count). The van der Waals surface area contributed by atoms with Crippen molar-refractivity contribution >= 4 is 23.2 Å². The van der Waals surface area contributed by atoms with Gasteiger partial charge in [0.25, 0.3) is 0 Å². The zero-order valence-corrected chi connectivity index (χ0v) is 11.8. The summed E-state index contributed by atoms with van der Waals surface area (Å²) in [6, 6.07) is 5.36. The predicted molar refractivity (Wildman–Crippen MR) is 75.9 cm³/mol. The molecule has 1 N–H and O–H groups in total. The Morgan fingerprint density at radius 1 is 1.17 bits per heavy atom. The molecule has 0 aromatic heterocycles. The maximum Gasteiger partial charge on any atom is 0.120 e. The van der Waals surface area contributed by atoms with Crippen molar-refractivity contribution in [3.05, 3.63) is 28.2 Å². The lowest BCUT2D eigenvalue weighted by Crippen LogP contribution is -2.43. The monoisotopic (exact) mass is 288 g/mol. The second kappa shape index (κ2) is 7.19. The van der Waals surface area contributed by atoms with E-state index in [0.717, 1.165) is 44.9 Å². The second-order valence-corrected chi connectivity index (χ2v) is 5.18. The van der Waals surface area contributed by atoms with Crippen LogP contribution in [0, 0.1) is 0 Å². The number of nitrogens with zero attached hydrogens (tertiary/aromatic N) is 1. The second-order valence-electron chi connectivity index (χ2n) is 4.37. The predicted octanol–water partition coefficient (Wildman–Crippen LogP) is 2.67. The summed E-state index contributed by atoms with van der Waals surface area (Å²) in [6.07, 6.45) is 1.03. The number of nitrogens with one attached hydrogen (secondary N) is 1. The molecule has 18 heavy (non-hydrogen) atoms. The van der Waals surface area contributed by atoms with Gasteiger partial charge in [0.1, 0.15) is 5.75 Å². The molecule has 0 unspecified atom stereocenters. The van der Waals surface area contributed by atoms with Gasteiger partial charge in [0.05, 0.1) is 16.7 Å². The van der Waals surface area contributed by atoms with Crippen LogP contribution in [0.5, 0.6) is 5.75 Å². The van der Waals surface area contributed by atoms with E-state index in [4.69, 9.17) is 27.9 Å². The first-order valence-electron chi connectivity index (χ1n) is 6.26. The smallest absolute Gasteiger partial charge is 0.120 e. The Labute approximate surface area is 118 Å². The minimum atomic E-state index is 0.538. The van der Waals surface area contributed by atoms with E-state index in [-0.39, 0.29) is 0 Å². The maximum atomic E-state index is 5.92. The van der Waals surface area contributed by atoms with E-state index in [2.05, 4.69) is 10.2 Å². The Morgan fingerprint density at radius 3 is 2.67 bits per heavy atom.